The Morgan fingerprint density at radius 1 is 1.00 bits per heavy atom. The van der Waals surface area contributed by atoms with E-state index in [0.717, 1.165) is 66.8 Å². The summed E-state index contributed by atoms with van der Waals surface area (Å²) in [5, 5.41) is 14.1. The molecule has 1 aliphatic heterocycles. The minimum atomic E-state index is 0.0414. The van der Waals surface area contributed by atoms with Crippen LogP contribution >= 0.6 is 11.6 Å². The standard InChI is InChI=1S/C29H33ClN6/c1-22-9-6-10-23(2)27(22)36-29(31-32-33-36)28(25-14-7-15-26(30)21-25)35-19-17-34(18-20-35)16-8-13-24-11-4-3-5-12-24/h3-15,25,28H,16-21H2,1-2H3/b13-8+/t25?,28-/m0/s1. The van der Waals surface area contributed by atoms with Crippen molar-refractivity contribution in [3.63, 3.8) is 0 Å². The summed E-state index contributed by atoms with van der Waals surface area (Å²) < 4.78 is 1.95. The first-order chi connectivity index (χ1) is 17.6. The van der Waals surface area contributed by atoms with Crippen molar-refractivity contribution in [2.45, 2.75) is 26.3 Å². The Balaban J connectivity index is 1.36. The maximum atomic E-state index is 6.51. The SMILES string of the molecule is Cc1cccc(C)c1-n1nnnc1[C@H](C1C=CC=C(Cl)C1)N1CCN(C/C=C/c2ccccc2)CC1. The molecule has 2 heterocycles. The molecule has 1 saturated heterocycles. The van der Waals surface area contributed by atoms with Crippen LogP contribution in [0.4, 0.5) is 0 Å². The normalized spacial score (nSPS) is 20.1. The second-order valence-electron chi connectivity index (χ2n) is 9.65. The van der Waals surface area contributed by atoms with Crippen LogP contribution in [-0.2, 0) is 0 Å². The fraction of sp³-hybridized carbons (Fsp3) is 0.345. The molecule has 2 aliphatic rings. The van der Waals surface area contributed by atoms with E-state index in [9.17, 15) is 0 Å². The van der Waals surface area contributed by atoms with Crippen LogP contribution < -0.4 is 0 Å². The summed E-state index contributed by atoms with van der Waals surface area (Å²) >= 11 is 6.51. The summed E-state index contributed by atoms with van der Waals surface area (Å²) in [4.78, 5) is 5.04. The molecule has 1 aromatic heterocycles. The van der Waals surface area contributed by atoms with Crippen LogP contribution in [0.15, 0.2) is 77.9 Å². The molecule has 1 aliphatic carbocycles. The zero-order chi connectivity index (χ0) is 24.9. The second kappa shape index (κ2) is 11.3. The van der Waals surface area contributed by atoms with Gasteiger partial charge < -0.3 is 0 Å². The number of nitrogens with zero attached hydrogens (tertiary/aromatic N) is 6. The topological polar surface area (TPSA) is 50.1 Å². The summed E-state index contributed by atoms with van der Waals surface area (Å²) in [5.74, 6) is 1.09. The van der Waals surface area contributed by atoms with E-state index in [4.69, 9.17) is 11.6 Å². The summed E-state index contributed by atoms with van der Waals surface area (Å²) in [6.07, 6.45) is 11.6. The fourth-order valence-electron chi connectivity index (χ4n) is 5.31. The van der Waals surface area contributed by atoms with Gasteiger partial charge in [-0.15, -0.1) is 5.10 Å². The summed E-state index contributed by atoms with van der Waals surface area (Å²) in [6, 6.07) is 16.8. The van der Waals surface area contributed by atoms with Crippen molar-refractivity contribution in [1.82, 2.24) is 30.0 Å². The van der Waals surface area contributed by atoms with Crippen molar-refractivity contribution < 1.29 is 0 Å². The average molecular weight is 501 g/mol. The van der Waals surface area contributed by atoms with Crippen LogP contribution in [0.5, 0.6) is 0 Å². The molecule has 36 heavy (non-hydrogen) atoms. The van der Waals surface area contributed by atoms with Crippen LogP contribution in [0.3, 0.4) is 0 Å². The highest BCUT2D eigenvalue weighted by molar-refractivity contribution is 6.29. The van der Waals surface area contributed by atoms with Crippen LogP contribution in [0.2, 0.25) is 0 Å². The van der Waals surface area contributed by atoms with E-state index in [1.807, 2.05) is 16.8 Å². The Morgan fingerprint density at radius 3 is 2.47 bits per heavy atom. The van der Waals surface area contributed by atoms with E-state index in [0.29, 0.717) is 0 Å². The van der Waals surface area contributed by atoms with Gasteiger partial charge in [0.2, 0.25) is 0 Å². The molecule has 1 fully saturated rings. The lowest BCUT2D eigenvalue weighted by Crippen LogP contribution is -2.49. The molecule has 0 N–H and O–H groups in total. The first-order valence-corrected chi connectivity index (χ1v) is 13.0. The van der Waals surface area contributed by atoms with Crippen LogP contribution in [0.1, 0.15) is 35.0 Å². The molecule has 0 radical (unpaired) electrons. The van der Waals surface area contributed by atoms with Gasteiger partial charge in [0.15, 0.2) is 5.82 Å². The second-order valence-corrected chi connectivity index (χ2v) is 10.1. The van der Waals surface area contributed by atoms with Gasteiger partial charge >= 0.3 is 0 Å². The van der Waals surface area contributed by atoms with E-state index >= 15 is 0 Å². The Kier molecular flexibility index (Phi) is 7.75. The van der Waals surface area contributed by atoms with Gasteiger partial charge in [0.25, 0.3) is 0 Å². The molecular formula is C29H33ClN6. The number of allylic oxidation sites excluding steroid dienone is 3. The minimum absolute atomic E-state index is 0.0414. The highest BCUT2D eigenvalue weighted by Gasteiger charge is 2.35. The lowest BCUT2D eigenvalue weighted by atomic mass is 9.90. The highest BCUT2D eigenvalue weighted by Crippen LogP contribution is 2.37. The molecule has 2 atom stereocenters. The Bertz CT molecular complexity index is 1230. The zero-order valence-corrected chi connectivity index (χ0v) is 21.7. The smallest absolute Gasteiger partial charge is 0.174 e. The number of tetrazole rings is 1. The highest BCUT2D eigenvalue weighted by atomic mass is 35.5. The average Bonchev–Trinajstić information content (AvgIpc) is 3.34. The molecule has 1 unspecified atom stereocenters. The first-order valence-electron chi connectivity index (χ1n) is 12.7. The largest absolute Gasteiger partial charge is 0.297 e. The van der Waals surface area contributed by atoms with Crippen LogP contribution in [0.25, 0.3) is 11.8 Å². The third-order valence-electron chi connectivity index (χ3n) is 7.15. The van der Waals surface area contributed by atoms with Crippen molar-refractivity contribution in [3.05, 3.63) is 100 Å². The van der Waals surface area contributed by atoms with Crippen LogP contribution in [-0.4, -0.2) is 62.7 Å². The Morgan fingerprint density at radius 2 is 1.75 bits per heavy atom. The van der Waals surface area contributed by atoms with Gasteiger partial charge in [-0.25, -0.2) is 0 Å². The lowest BCUT2D eigenvalue weighted by molar-refractivity contribution is 0.0783. The predicted molar refractivity (Wildman–Crippen MR) is 146 cm³/mol. The lowest BCUT2D eigenvalue weighted by Gasteiger charge is -2.41. The van der Waals surface area contributed by atoms with E-state index in [1.54, 1.807) is 0 Å². The molecule has 0 amide bonds. The molecule has 5 rings (SSSR count). The van der Waals surface area contributed by atoms with Crippen molar-refractivity contribution in [2.75, 3.05) is 32.7 Å². The van der Waals surface area contributed by atoms with Crippen LogP contribution in [0, 0.1) is 19.8 Å². The van der Waals surface area contributed by atoms with Crippen molar-refractivity contribution in [3.8, 4) is 5.69 Å². The number of aryl methyl sites for hydroxylation is 2. The predicted octanol–water partition coefficient (Wildman–Crippen LogP) is 5.35. The zero-order valence-electron chi connectivity index (χ0n) is 21.0. The van der Waals surface area contributed by atoms with E-state index in [-0.39, 0.29) is 12.0 Å². The molecule has 2 aromatic carbocycles. The van der Waals surface area contributed by atoms with E-state index in [1.165, 1.54) is 5.56 Å². The van der Waals surface area contributed by atoms with Crippen molar-refractivity contribution >= 4 is 17.7 Å². The van der Waals surface area contributed by atoms with E-state index < -0.39 is 0 Å². The number of hydrogen-bond acceptors (Lipinski definition) is 5. The molecule has 0 bridgehead atoms. The number of hydrogen-bond donors (Lipinski definition) is 0. The quantitative estimate of drug-likeness (QED) is 0.437. The maximum absolute atomic E-state index is 6.51. The number of aromatic nitrogens is 4. The van der Waals surface area contributed by atoms with Gasteiger partial charge in [0.1, 0.15) is 0 Å². The summed E-state index contributed by atoms with van der Waals surface area (Å²) in [7, 11) is 0. The minimum Gasteiger partial charge on any atom is -0.297 e. The summed E-state index contributed by atoms with van der Waals surface area (Å²) in [5.41, 5.74) is 4.63. The van der Waals surface area contributed by atoms with Gasteiger partial charge in [-0.2, -0.15) is 4.68 Å². The monoisotopic (exact) mass is 500 g/mol. The van der Waals surface area contributed by atoms with Crippen molar-refractivity contribution in [1.29, 1.82) is 0 Å². The molecule has 0 saturated carbocycles. The van der Waals surface area contributed by atoms with Gasteiger partial charge in [-0.3, -0.25) is 9.80 Å². The van der Waals surface area contributed by atoms with Gasteiger partial charge in [0.05, 0.1) is 11.7 Å². The molecular weight excluding hydrogens is 468 g/mol. The number of benzene rings is 2. The molecule has 6 nitrogen and oxygen atoms in total. The molecule has 0 spiro atoms. The van der Waals surface area contributed by atoms with Gasteiger partial charge in [-0.05, 0) is 53.5 Å². The third-order valence-corrected chi connectivity index (χ3v) is 7.44. The number of halogens is 1. The molecule has 3 aromatic rings. The van der Waals surface area contributed by atoms with Gasteiger partial charge in [-0.1, -0.05) is 84.4 Å². The number of piperazine rings is 1. The van der Waals surface area contributed by atoms with E-state index in [2.05, 4.69) is 106 Å². The number of rotatable bonds is 7. The first kappa shape index (κ1) is 24.6. The maximum Gasteiger partial charge on any atom is 0.174 e. The van der Waals surface area contributed by atoms with Gasteiger partial charge in [0, 0.05) is 43.7 Å². The number of para-hydroxylation sites is 1. The molecule has 7 heteroatoms. The van der Waals surface area contributed by atoms with Crippen molar-refractivity contribution in [2.24, 2.45) is 5.92 Å². The third kappa shape index (κ3) is 5.51. The Hall–Kier alpha value is -3.06. The Labute approximate surface area is 218 Å². The molecule has 186 valence electrons. The summed E-state index contributed by atoms with van der Waals surface area (Å²) in [6.45, 7) is 9.09. The fourth-order valence-corrected chi connectivity index (χ4v) is 5.56.